The fourth-order valence-corrected chi connectivity index (χ4v) is 7.84. The molecule has 0 bridgehead atoms. The van der Waals surface area contributed by atoms with E-state index in [1.165, 1.54) is 67.2 Å². The molecule has 0 saturated carbocycles. The lowest BCUT2D eigenvalue weighted by molar-refractivity contribution is 0.376. The number of unbranched alkanes of at least 4 members (excludes halogenated alkanes) is 4. The van der Waals surface area contributed by atoms with Gasteiger partial charge < -0.3 is 19.7 Å². The maximum atomic E-state index is 10.5. The highest BCUT2D eigenvalue weighted by atomic mass is 79.9. The van der Waals surface area contributed by atoms with Crippen LogP contribution < -0.4 is 9.47 Å². The minimum atomic E-state index is 0.125. The Morgan fingerprint density at radius 2 is 1.25 bits per heavy atom. The van der Waals surface area contributed by atoms with Gasteiger partial charge in [0, 0.05) is 23.0 Å². The molecule has 0 aliphatic heterocycles. The van der Waals surface area contributed by atoms with Crippen LogP contribution >= 0.6 is 31.9 Å². The van der Waals surface area contributed by atoms with Crippen molar-refractivity contribution in [1.29, 1.82) is 0 Å². The second kappa shape index (κ2) is 18.3. The zero-order chi connectivity index (χ0) is 32.2. The molecular weight excluding hydrogens is 680 g/mol. The van der Waals surface area contributed by atoms with Crippen LogP contribution in [0, 0.1) is 0 Å². The summed E-state index contributed by atoms with van der Waals surface area (Å²) in [5, 5.41) is 20.9. The highest BCUT2D eigenvalue weighted by molar-refractivity contribution is 9.11. The van der Waals surface area contributed by atoms with Crippen molar-refractivity contribution in [2.24, 2.45) is 0 Å². The first-order valence-electron chi connectivity index (χ1n) is 16.7. The number of phenols is 2. The Balaban J connectivity index is 0.000000241. The van der Waals surface area contributed by atoms with Crippen molar-refractivity contribution in [3.8, 4) is 23.0 Å². The molecule has 4 rings (SSSR count). The molecule has 0 spiro atoms. The first kappa shape index (κ1) is 36.5. The zero-order valence-corrected chi connectivity index (χ0v) is 31.0. The Morgan fingerprint density at radius 3 is 1.73 bits per heavy atom. The smallest absolute Gasteiger partial charge is 0.140 e. The van der Waals surface area contributed by atoms with Crippen molar-refractivity contribution < 1.29 is 19.7 Å². The fraction of sp³-hybridized carbons (Fsp3) is 0.579. The molecule has 2 unspecified atom stereocenters. The number of hydrogen-bond acceptors (Lipinski definition) is 4. The van der Waals surface area contributed by atoms with E-state index in [4.69, 9.17) is 9.47 Å². The number of halogens is 2. The van der Waals surface area contributed by atoms with Gasteiger partial charge in [0.25, 0.3) is 0 Å². The average Bonchev–Trinajstić information content (AvgIpc) is 3.00. The van der Waals surface area contributed by atoms with Gasteiger partial charge in [0.15, 0.2) is 0 Å². The van der Waals surface area contributed by atoms with E-state index in [-0.39, 0.29) is 17.4 Å². The first-order chi connectivity index (χ1) is 21.2. The summed E-state index contributed by atoms with van der Waals surface area (Å²) in [5.74, 6) is 2.88. The Bertz CT molecular complexity index is 1300. The number of aromatic hydroxyl groups is 2. The summed E-state index contributed by atoms with van der Waals surface area (Å²) in [5.41, 5.74) is 6.97. The van der Waals surface area contributed by atoms with Crippen molar-refractivity contribution in [3.63, 3.8) is 0 Å². The molecule has 44 heavy (non-hydrogen) atoms. The molecule has 2 atom stereocenters. The SMILES string of the molecule is CCCCCc1cc(O)c(C2C=C(C)CCC2)c(O)c1Br.CCCCCc1cc(OC)c(C2C=C(C)CCC2)c(OC)c1Br. The number of rotatable bonds is 12. The molecule has 0 fully saturated rings. The van der Waals surface area contributed by atoms with Gasteiger partial charge in [-0.3, -0.25) is 0 Å². The van der Waals surface area contributed by atoms with Gasteiger partial charge in [-0.1, -0.05) is 62.8 Å². The number of benzene rings is 2. The largest absolute Gasteiger partial charge is 0.507 e. The van der Waals surface area contributed by atoms with Crippen molar-refractivity contribution in [3.05, 3.63) is 66.6 Å². The van der Waals surface area contributed by atoms with E-state index in [0.29, 0.717) is 11.5 Å². The second-order valence-electron chi connectivity index (χ2n) is 12.6. The predicted octanol–water partition coefficient (Wildman–Crippen LogP) is 12.2. The molecule has 2 aliphatic rings. The lowest BCUT2D eigenvalue weighted by atomic mass is 9.84. The van der Waals surface area contributed by atoms with Crippen LogP contribution in [0.25, 0.3) is 0 Å². The monoisotopic (exact) mass is 732 g/mol. The maximum absolute atomic E-state index is 10.5. The number of hydrogen-bond donors (Lipinski definition) is 2. The van der Waals surface area contributed by atoms with Crippen LogP contribution in [0.1, 0.15) is 139 Å². The van der Waals surface area contributed by atoms with E-state index in [1.807, 2.05) is 6.07 Å². The summed E-state index contributed by atoms with van der Waals surface area (Å²) in [6, 6.07) is 4.03. The highest BCUT2D eigenvalue weighted by Crippen LogP contribution is 2.47. The van der Waals surface area contributed by atoms with Gasteiger partial charge in [0.05, 0.1) is 23.2 Å². The molecule has 2 aliphatic carbocycles. The van der Waals surface area contributed by atoms with Crippen LogP contribution in [-0.2, 0) is 12.8 Å². The molecule has 2 aromatic rings. The fourth-order valence-electron chi connectivity index (χ4n) is 6.63. The van der Waals surface area contributed by atoms with Crippen molar-refractivity contribution in [1.82, 2.24) is 0 Å². The minimum Gasteiger partial charge on any atom is -0.507 e. The number of methoxy groups -OCH3 is 2. The Hall–Kier alpha value is -1.92. The summed E-state index contributed by atoms with van der Waals surface area (Å²) >= 11 is 7.31. The molecule has 2 N–H and O–H groups in total. The van der Waals surface area contributed by atoms with Gasteiger partial charge >= 0.3 is 0 Å². The summed E-state index contributed by atoms with van der Waals surface area (Å²) in [4.78, 5) is 0. The predicted molar refractivity (Wildman–Crippen MR) is 192 cm³/mol. The van der Waals surface area contributed by atoms with E-state index < -0.39 is 0 Å². The van der Waals surface area contributed by atoms with Crippen molar-refractivity contribution in [2.75, 3.05) is 14.2 Å². The number of allylic oxidation sites excluding steroid dienone is 4. The van der Waals surface area contributed by atoms with Crippen molar-refractivity contribution in [2.45, 2.75) is 129 Å². The van der Waals surface area contributed by atoms with Crippen LogP contribution in [0.5, 0.6) is 23.0 Å². The number of ether oxygens (including phenoxy) is 2. The summed E-state index contributed by atoms with van der Waals surface area (Å²) in [6.07, 6.45) is 20.4. The van der Waals surface area contributed by atoms with E-state index in [0.717, 1.165) is 71.0 Å². The molecule has 0 saturated heterocycles. The van der Waals surface area contributed by atoms with Crippen LogP contribution in [0.4, 0.5) is 0 Å². The lowest BCUT2D eigenvalue weighted by Crippen LogP contribution is -2.08. The van der Waals surface area contributed by atoms with Gasteiger partial charge in [-0.05, 0) is 133 Å². The van der Waals surface area contributed by atoms with Crippen LogP contribution in [0.3, 0.4) is 0 Å². The van der Waals surface area contributed by atoms with Gasteiger partial charge in [0.1, 0.15) is 23.0 Å². The average molecular weight is 735 g/mol. The molecular formula is C38H54Br2O4. The van der Waals surface area contributed by atoms with Gasteiger partial charge in [0.2, 0.25) is 0 Å². The summed E-state index contributed by atoms with van der Waals surface area (Å²) in [7, 11) is 3.53. The quantitative estimate of drug-likeness (QED) is 0.168. The second-order valence-corrected chi connectivity index (χ2v) is 14.2. The molecule has 6 heteroatoms. The molecule has 0 aromatic heterocycles. The van der Waals surface area contributed by atoms with Gasteiger partial charge in [-0.2, -0.15) is 0 Å². The third-order valence-corrected chi connectivity index (χ3v) is 10.8. The standard InChI is InChI=1S/C20H29BrO2.C18H25BrO2/c1-5-6-7-10-16-13-17(22-3)18(20(23-4)19(16)21)15-11-8-9-14(2)12-15;1-3-4-5-8-14-11-15(20)16(18(21)17(14)19)13-9-6-7-12(2)10-13/h12-13,15H,5-11H2,1-4H3;10-11,13,20-21H,3-9H2,1-2H3. The Labute approximate surface area is 283 Å². The normalized spacial score (nSPS) is 18.2. The zero-order valence-electron chi connectivity index (χ0n) is 27.8. The van der Waals surface area contributed by atoms with E-state index >= 15 is 0 Å². The molecule has 2 aromatic carbocycles. The van der Waals surface area contributed by atoms with Gasteiger partial charge in [-0.15, -0.1) is 0 Å². The summed E-state index contributed by atoms with van der Waals surface area (Å²) < 4.78 is 13.4. The van der Waals surface area contributed by atoms with E-state index in [2.05, 4.69) is 77.8 Å². The topological polar surface area (TPSA) is 58.9 Å². The van der Waals surface area contributed by atoms with E-state index in [9.17, 15) is 10.2 Å². The maximum Gasteiger partial charge on any atom is 0.140 e. The number of aryl methyl sites for hydroxylation is 2. The third kappa shape index (κ3) is 9.55. The third-order valence-electron chi connectivity index (χ3n) is 9.04. The lowest BCUT2D eigenvalue weighted by Gasteiger charge is -2.25. The Kier molecular flexibility index (Phi) is 15.2. The highest BCUT2D eigenvalue weighted by Gasteiger charge is 2.26. The molecule has 0 radical (unpaired) electrons. The summed E-state index contributed by atoms with van der Waals surface area (Å²) in [6.45, 7) is 8.75. The number of phenolic OH excluding ortho intramolecular Hbond substituents is 2. The molecule has 0 heterocycles. The van der Waals surface area contributed by atoms with Crippen molar-refractivity contribution >= 4 is 31.9 Å². The van der Waals surface area contributed by atoms with Crippen LogP contribution in [0.15, 0.2) is 44.4 Å². The Morgan fingerprint density at radius 1 is 0.727 bits per heavy atom. The molecule has 0 amide bonds. The van der Waals surface area contributed by atoms with Crippen LogP contribution in [0.2, 0.25) is 0 Å². The molecule has 4 nitrogen and oxygen atoms in total. The first-order valence-corrected chi connectivity index (χ1v) is 18.3. The minimum absolute atomic E-state index is 0.125. The van der Waals surface area contributed by atoms with Crippen LogP contribution in [-0.4, -0.2) is 24.4 Å². The van der Waals surface area contributed by atoms with E-state index in [1.54, 1.807) is 14.2 Å². The van der Waals surface area contributed by atoms with Gasteiger partial charge in [-0.25, -0.2) is 0 Å². The molecule has 244 valence electrons.